The van der Waals surface area contributed by atoms with Gasteiger partial charge in [-0.3, -0.25) is 9.59 Å². The number of amides is 1. The Kier molecular flexibility index (Phi) is 4.93. The zero-order chi connectivity index (χ0) is 13.0. The second kappa shape index (κ2) is 5.30. The second-order valence-electron chi connectivity index (χ2n) is 5.15. The predicted octanol–water partition coefficient (Wildman–Crippen LogP) is 0.287. The number of rotatable bonds is 5. The van der Waals surface area contributed by atoms with Crippen LogP contribution in [0.5, 0.6) is 0 Å². The van der Waals surface area contributed by atoms with E-state index >= 15 is 0 Å². The topological polar surface area (TPSA) is 81.4 Å². The molecule has 0 aromatic carbocycles. The molecule has 0 unspecified atom stereocenters. The first-order valence-electron chi connectivity index (χ1n) is 5.24. The van der Waals surface area contributed by atoms with E-state index < -0.39 is 10.8 Å². The van der Waals surface area contributed by atoms with Crippen LogP contribution in [0.3, 0.4) is 0 Å². The van der Waals surface area contributed by atoms with Crippen molar-refractivity contribution in [1.82, 2.24) is 5.32 Å². The summed E-state index contributed by atoms with van der Waals surface area (Å²) in [5.74, 6) is -0.509. The zero-order valence-corrected chi connectivity index (χ0v) is 10.7. The van der Waals surface area contributed by atoms with Crippen LogP contribution in [0.2, 0.25) is 0 Å². The van der Waals surface area contributed by atoms with Crippen molar-refractivity contribution >= 4 is 11.9 Å². The fraction of sp³-hybridized carbons (Fsp3) is 0.818. The van der Waals surface area contributed by atoms with Crippen LogP contribution in [0, 0.1) is 10.8 Å². The normalized spacial score (nSPS) is 12.1. The van der Waals surface area contributed by atoms with Crippen molar-refractivity contribution in [3.05, 3.63) is 0 Å². The minimum Gasteiger partial charge on any atom is -0.469 e. The number of carbonyl (C=O) groups is 2. The maximum Gasteiger partial charge on any atom is 0.313 e. The van der Waals surface area contributed by atoms with E-state index in [1.54, 1.807) is 27.7 Å². The number of nitrogens with one attached hydrogen (secondary N) is 1. The van der Waals surface area contributed by atoms with Crippen molar-refractivity contribution in [3.8, 4) is 0 Å². The molecule has 0 aromatic heterocycles. The maximum absolute atomic E-state index is 11.7. The van der Waals surface area contributed by atoms with Crippen molar-refractivity contribution in [2.45, 2.75) is 27.7 Å². The van der Waals surface area contributed by atoms with Crippen molar-refractivity contribution in [2.75, 3.05) is 20.2 Å². The minimum atomic E-state index is -0.727. The molecule has 0 rings (SSSR count). The minimum absolute atomic E-state index is 0.160. The number of hydrogen-bond acceptors (Lipinski definition) is 4. The van der Waals surface area contributed by atoms with Gasteiger partial charge < -0.3 is 15.8 Å². The Labute approximate surface area is 96.7 Å². The summed E-state index contributed by atoms with van der Waals surface area (Å²) >= 11 is 0. The van der Waals surface area contributed by atoms with E-state index in [0.717, 1.165) is 0 Å². The van der Waals surface area contributed by atoms with Crippen LogP contribution in [0.25, 0.3) is 0 Å². The van der Waals surface area contributed by atoms with Crippen LogP contribution in [0.15, 0.2) is 0 Å². The largest absolute Gasteiger partial charge is 0.469 e. The van der Waals surface area contributed by atoms with Crippen molar-refractivity contribution in [1.29, 1.82) is 0 Å². The van der Waals surface area contributed by atoms with Gasteiger partial charge in [0.05, 0.1) is 17.9 Å². The first-order valence-corrected chi connectivity index (χ1v) is 5.24. The third-order valence-electron chi connectivity index (χ3n) is 2.55. The van der Waals surface area contributed by atoms with Gasteiger partial charge in [-0.2, -0.15) is 0 Å². The highest BCUT2D eigenvalue weighted by Gasteiger charge is 2.32. The van der Waals surface area contributed by atoms with Gasteiger partial charge in [-0.15, -0.1) is 0 Å². The van der Waals surface area contributed by atoms with E-state index in [1.165, 1.54) is 7.11 Å². The standard InChI is InChI=1S/C11H22N2O3/c1-10(2,6-12)8(14)13-7-11(3,4)9(15)16-5/h6-7,12H2,1-5H3,(H,13,14)/i9+1. The third kappa shape index (κ3) is 3.81. The molecule has 0 radical (unpaired) electrons. The van der Waals surface area contributed by atoms with Gasteiger partial charge in [0.1, 0.15) is 0 Å². The smallest absolute Gasteiger partial charge is 0.313 e. The second-order valence-corrected chi connectivity index (χ2v) is 5.15. The Hall–Kier alpha value is -1.10. The van der Waals surface area contributed by atoms with Gasteiger partial charge in [-0.25, -0.2) is 0 Å². The number of methoxy groups -OCH3 is 1. The quantitative estimate of drug-likeness (QED) is 0.526. The molecule has 0 atom stereocenters. The third-order valence-corrected chi connectivity index (χ3v) is 2.55. The van der Waals surface area contributed by atoms with Crippen LogP contribution in [0.1, 0.15) is 27.7 Å². The number of esters is 1. The van der Waals surface area contributed by atoms with Crippen molar-refractivity contribution in [2.24, 2.45) is 16.6 Å². The zero-order valence-electron chi connectivity index (χ0n) is 10.7. The molecule has 0 saturated carbocycles. The first-order chi connectivity index (χ1) is 7.17. The van der Waals surface area contributed by atoms with Crippen LogP contribution in [-0.2, 0) is 14.3 Å². The lowest BCUT2D eigenvalue weighted by Crippen LogP contribution is -2.46. The molecule has 0 fully saturated rings. The fourth-order valence-corrected chi connectivity index (χ4v) is 0.982. The van der Waals surface area contributed by atoms with Gasteiger partial charge in [0.15, 0.2) is 0 Å². The Morgan fingerprint density at radius 1 is 1.19 bits per heavy atom. The van der Waals surface area contributed by atoms with E-state index in [4.69, 9.17) is 5.73 Å². The monoisotopic (exact) mass is 231 g/mol. The Bertz CT molecular complexity index is 272. The average Bonchev–Trinajstić information content (AvgIpc) is 2.24. The van der Waals surface area contributed by atoms with Crippen molar-refractivity contribution in [3.63, 3.8) is 0 Å². The number of nitrogens with two attached hydrogens (primary N) is 1. The highest BCUT2D eigenvalue weighted by atomic mass is 16.6. The van der Waals surface area contributed by atoms with E-state index in [0.29, 0.717) is 0 Å². The summed E-state index contributed by atoms with van der Waals surface area (Å²) < 4.78 is 4.64. The molecule has 5 nitrogen and oxygen atoms in total. The molecule has 0 aromatic rings. The van der Waals surface area contributed by atoms with Crippen LogP contribution < -0.4 is 11.1 Å². The van der Waals surface area contributed by atoms with E-state index in [1.807, 2.05) is 0 Å². The molecule has 16 heavy (non-hydrogen) atoms. The number of hydrogen-bond donors (Lipinski definition) is 2. The van der Waals surface area contributed by atoms with Gasteiger partial charge in [0.25, 0.3) is 0 Å². The molecule has 5 heteroatoms. The summed E-state index contributed by atoms with van der Waals surface area (Å²) in [7, 11) is 1.33. The highest BCUT2D eigenvalue weighted by Crippen LogP contribution is 2.17. The molecule has 0 spiro atoms. The van der Waals surface area contributed by atoms with Gasteiger partial charge in [0, 0.05) is 13.1 Å². The summed E-state index contributed by atoms with van der Waals surface area (Å²) in [6, 6.07) is 0. The van der Waals surface area contributed by atoms with Gasteiger partial charge in [-0.05, 0) is 27.7 Å². The lowest BCUT2D eigenvalue weighted by Gasteiger charge is -2.26. The summed E-state index contributed by atoms with van der Waals surface area (Å²) in [6.07, 6.45) is 0. The number of ether oxygens (including phenoxy) is 1. The molecule has 0 heterocycles. The highest BCUT2D eigenvalue weighted by molar-refractivity contribution is 5.83. The molecule has 0 aliphatic rings. The molecular formula is C11H22N2O3. The lowest BCUT2D eigenvalue weighted by molar-refractivity contribution is -0.150. The summed E-state index contributed by atoms with van der Waals surface area (Å²) in [6.45, 7) is 7.45. The van der Waals surface area contributed by atoms with Crippen molar-refractivity contribution < 1.29 is 14.3 Å². The van der Waals surface area contributed by atoms with Crippen LogP contribution in [-0.4, -0.2) is 32.1 Å². The Balaban J connectivity index is 4.36. The van der Waals surface area contributed by atoms with E-state index in [-0.39, 0.29) is 25.0 Å². The molecule has 0 saturated heterocycles. The summed E-state index contributed by atoms with van der Waals surface area (Å²) in [4.78, 5) is 23.1. The molecule has 0 aliphatic heterocycles. The molecule has 1 amide bonds. The summed E-state index contributed by atoms with van der Waals surface area (Å²) in [5, 5.41) is 2.71. The van der Waals surface area contributed by atoms with Gasteiger partial charge >= 0.3 is 5.97 Å². The SMILES string of the molecule is CO[13C](=O)C(C)(C)CNC(=O)C(C)(C)CN. The predicted molar refractivity (Wildman–Crippen MR) is 61.6 cm³/mol. The Morgan fingerprint density at radius 2 is 1.69 bits per heavy atom. The fourth-order valence-electron chi connectivity index (χ4n) is 0.982. The van der Waals surface area contributed by atoms with Gasteiger partial charge in [-0.1, -0.05) is 0 Å². The molecule has 94 valence electrons. The molecule has 0 bridgehead atoms. The van der Waals surface area contributed by atoms with Crippen LogP contribution >= 0.6 is 0 Å². The lowest BCUT2D eigenvalue weighted by atomic mass is 9.92. The van der Waals surface area contributed by atoms with Gasteiger partial charge in [0.2, 0.25) is 5.91 Å². The maximum atomic E-state index is 11.7. The summed E-state index contributed by atoms with van der Waals surface area (Å²) in [5.41, 5.74) is 4.13. The molecule has 3 N–H and O–H groups in total. The van der Waals surface area contributed by atoms with E-state index in [2.05, 4.69) is 10.1 Å². The first kappa shape index (κ1) is 14.9. The molecular weight excluding hydrogens is 209 g/mol. The average molecular weight is 231 g/mol. The number of carbonyl (C=O) groups excluding carboxylic acids is 2. The molecule has 0 aliphatic carbocycles. The van der Waals surface area contributed by atoms with E-state index in [9.17, 15) is 9.59 Å². The van der Waals surface area contributed by atoms with Crippen LogP contribution in [0.4, 0.5) is 0 Å². The Morgan fingerprint density at radius 3 is 2.06 bits per heavy atom.